The maximum atomic E-state index is 4.52. The molecule has 0 atom stereocenters. The van der Waals surface area contributed by atoms with E-state index in [1.54, 1.807) is 12.4 Å². The summed E-state index contributed by atoms with van der Waals surface area (Å²) in [5.74, 6) is 0.555. The van der Waals surface area contributed by atoms with E-state index in [1.807, 2.05) is 0 Å². The maximum absolute atomic E-state index is 4.52. The summed E-state index contributed by atoms with van der Waals surface area (Å²) in [7, 11) is 0. The van der Waals surface area contributed by atoms with Gasteiger partial charge < -0.3 is 10.6 Å². The highest BCUT2D eigenvalue weighted by Crippen LogP contribution is 2.27. The zero-order valence-electron chi connectivity index (χ0n) is 9.24. The molecule has 1 saturated heterocycles. The molecule has 0 bridgehead atoms. The quantitative estimate of drug-likeness (QED) is 0.757. The molecule has 0 unspecified atom stereocenters. The molecule has 0 amide bonds. The number of nitrogens with one attached hydrogen (secondary N) is 2. The van der Waals surface area contributed by atoms with Crippen molar-refractivity contribution < 1.29 is 0 Å². The van der Waals surface area contributed by atoms with Gasteiger partial charge in [-0.25, -0.2) is 0 Å². The van der Waals surface area contributed by atoms with E-state index in [4.69, 9.17) is 0 Å². The molecule has 0 aromatic carbocycles. The lowest BCUT2D eigenvalue weighted by Crippen LogP contribution is -2.41. The van der Waals surface area contributed by atoms with Gasteiger partial charge >= 0.3 is 0 Å². The van der Waals surface area contributed by atoms with E-state index in [0.29, 0.717) is 5.92 Å². The van der Waals surface area contributed by atoms with E-state index < -0.39 is 0 Å². The first kappa shape index (κ1) is 9.93. The van der Waals surface area contributed by atoms with Gasteiger partial charge in [0, 0.05) is 37.9 Å². The predicted molar refractivity (Wildman–Crippen MR) is 63.1 cm³/mol. The Kier molecular flexibility index (Phi) is 2.68. The smallest absolute Gasteiger partial charge is 0.0878 e. The topological polar surface area (TPSA) is 49.8 Å². The van der Waals surface area contributed by atoms with Crippen molar-refractivity contribution in [1.29, 1.82) is 0 Å². The first-order valence-corrected chi connectivity index (χ1v) is 5.87. The highest BCUT2D eigenvalue weighted by Gasteiger charge is 2.25. The Morgan fingerprint density at radius 3 is 2.69 bits per heavy atom. The summed E-state index contributed by atoms with van der Waals surface area (Å²) in [6.07, 6.45) is 6.90. The van der Waals surface area contributed by atoms with Gasteiger partial charge in [-0.15, -0.1) is 0 Å². The fourth-order valence-electron chi connectivity index (χ4n) is 2.21. The zero-order valence-corrected chi connectivity index (χ0v) is 9.24. The molecule has 84 valence electrons. The molecule has 2 aliphatic heterocycles. The molecule has 1 fully saturated rings. The van der Waals surface area contributed by atoms with Crippen LogP contribution >= 0.6 is 0 Å². The molecule has 1 aromatic rings. The number of rotatable bonds is 2. The highest BCUT2D eigenvalue weighted by atomic mass is 15.0. The fourth-order valence-corrected chi connectivity index (χ4v) is 2.21. The summed E-state index contributed by atoms with van der Waals surface area (Å²) < 4.78 is 0. The van der Waals surface area contributed by atoms with Crippen LogP contribution in [0.4, 0.5) is 0 Å². The summed E-state index contributed by atoms with van der Waals surface area (Å²) in [6, 6.07) is 0. The molecule has 1 aromatic heterocycles. The molecule has 3 rings (SSSR count). The summed E-state index contributed by atoms with van der Waals surface area (Å²) in [5.41, 5.74) is 3.65. The van der Waals surface area contributed by atoms with Gasteiger partial charge in [0.1, 0.15) is 0 Å². The molecular formula is C12H16N4. The second-order valence-electron chi connectivity index (χ2n) is 4.33. The Bertz CT molecular complexity index is 409. The highest BCUT2D eigenvalue weighted by molar-refractivity contribution is 5.65. The van der Waals surface area contributed by atoms with Crippen LogP contribution in [0.2, 0.25) is 0 Å². The number of hydrogen-bond acceptors (Lipinski definition) is 4. The molecule has 4 nitrogen and oxygen atoms in total. The number of nitrogens with zero attached hydrogens (tertiary/aromatic N) is 2. The van der Waals surface area contributed by atoms with Crippen LogP contribution in [-0.4, -0.2) is 36.1 Å². The summed E-state index contributed by atoms with van der Waals surface area (Å²) in [6.45, 7) is 4.08. The van der Waals surface area contributed by atoms with Crippen LogP contribution in [0.5, 0.6) is 0 Å². The summed E-state index contributed by atoms with van der Waals surface area (Å²) in [4.78, 5) is 9.03. The Balaban J connectivity index is 1.95. The molecule has 2 N–H and O–H groups in total. The Labute approximate surface area is 95.2 Å². The average Bonchev–Trinajstić information content (AvgIpc) is 2.29. The normalized spacial score (nSPS) is 21.4. The van der Waals surface area contributed by atoms with Crippen molar-refractivity contribution in [2.75, 3.05) is 26.2 Å². The van der Waals surface area contributed by atoms with E-state index in [1.165, 1.54) is 11.3 Å². The third kappa shape index (κ3) is 1.74. The van der Waals surface area contributed by atoms with E-state index in [0.717, 1.165) is 38.3 Å². The lowest BCUT2D eigenvalue weighted by atomic mass is 9.93. The van der Waals surface area contributed by atoms with Gasteiger partial charge in [0.05, 0.1) is 11.4 Å². The molecule has 3 heterocycles. The van der Waals surface area contributed by atoms with Gasteiger partial charge in [0.2, 0.25) is 0 Å². The monoisotopic (exact) mass is 216 g/mol. The Hall–Kier alpha value is -1.26. The van der Waals surface area contributed by atoms with Crippen LogP contribution in [0, 0.1) is 0 Å². The van der Waals surface area contributed by atoms with E-state index in [9.17, 15) is 0 Å². The average molecular weight is 216 g/mol. The largest absolute Gasteiger partial charge is 0.315 e. The van der Waals surface area contributed by atoms with Crippen LogP contribution in [0.25, 0.3) is 5.57 Å². The Morgan fingerprint density at radius 1 is 1.12 bits per heavy atom. The molecule has 0 radical (unpaired) electrons. The van der Waals surface area contributed by atoms with Crippen LogP contribution in [0.3, 0.4) is 0 Å². The van der Waals surface area contributed by atoms with Gasteiger partial charge in [-0.05, 0) is 18.5 Å². The molecular weight excluding hydrogens is 200 g/mol. The molecule has 16 heavy (non-hydrogen) atoms. The number of hydrogen-bond donors (Lipinski definition) is 2. The Morgan fingerprint density at radius 2 is 2.00 bits per heavy atom. The lowest BCUT2D eigenvalue weighted by Gasteiger charge is -2.28. The second kappa shape index (κ2) is 4.31. The molecule has 0 aliphatic carbocycles. The van der Waals surface area contributed by atoms with Crippen molar-refractivity contribution in [3.8, 4) is 0 Å². The van der Waals surface area contributed by atoms with Crippen LogP contribution in [-0.2, 0) is 0 Å². The van der Waals surface area contributed by atoms with Gasteiger partial charge in [-0.2, -0.15) is 0 Å². The standard InChI is InChI=1S/C12H16N4/c1-3-13-4-2-9(1)11-12(10-7-14-8-10)16-6-5-15-11/h1,5-6,10,13-14H,2-4,7-8H2. The van der Waals surface area contributed by atoms with E-state index in [2.05, 4.69) is 26.7 Å². The van der Waals surface area contributed by atoms with Gasteiger partial charge in [-0.3, -0.25) is 9.97 Å². The van der Waals surface area contributed by atoms with Gasteiger partial charge in [-0.1, -0.05) is 6.08 Å². The first-order valence-electron chi connectivity index (χ1n) is 5.87. The minimum absolute atomic E-state index is 0.555. The lowest BCUT2D eigenvalue weighted by molar-refractivity contribution is 0.437. The predicted octanol–water partition coefficient (Wildman–Crippen LogP) is 0.540. The third-order valence-electron chi connectivity index (χ3n) is 3.26. The van der Waals surface area contributed by atoms with Crippen molar-refractivity contribution in [1.82, 2.24) is 20.6 Å². The second-order valence-corrected chi connectivity index (χ2v) is 4.33. The summed E-state index contributed by atoms with van der Waals surface area (Å²) >= 11 is 0. The minimum Gasteiger partial charge on any atom is -0.315 e. The first-order chi connectivity index (χ1) is 7.95. The van der Waals surface area contributed by atoms with Crippen molar-refractivity contribution in [3.05, 3.63) is 29.9 Å². The molecule has 0 spiro atoms. The van der Waals surface area contributed by atoms with E-state index >= 15 is 0 Å². The molecule has 4 heteroatoms. The third-order valence-corrected chi connectivity index (χ3v) is 3.26. The van der Waals surface area contributed by atoms with Gasteiger partial charge in [0.15, 0.2) is 0 Å². The van der Waals surface area contributed by atoms with Gasteiger partial charge in [0.25, 0.3) is 0 Å². The van der Waals surface area contributed by atoms with Crippen molar-refractivity contribution >= 4 is 5.57 Å². The minimum atomic E-state index is 0.555. The zero-order chi connectivity index (χ0) is 10.8. The fraction of sp³-hybridized carbons (Fsp3) is 0.500. The van der Waals surface area contributed by atoms with Crippen molar-refractivity contribution in [2.24, 2.45) is 0 Å². The SMILES string of the molecule is C1=C(c2nccnc2C2CNC2)CCNC1. The van der Waals surface area contributed by atoms with Crippen LogP contribution < -0.4 is 10.6 Å². The van der Waals surface area contributed by atoms with Crippen LogP contribution in [0.15, 0.2) is 18.5 Å². The molecule has 0 saturated carbocycles. The van der Waals surface area contributed by atoms with Crippen molar-refractivity contribution in [2.45, 2.75) is 12.3 Å². The van der Waals surface area contributed by atoms with E-state index in [-0.39, 0.29) is 0 Å². The summed E-state index contributed by atoms with van der Waals surface area (Å²) in [5, 5.41) is 6.61. The number of aromatic nitrogens is 2. The maximum Gasteiger partial charge on any atom is 0.0878 e. The molecule has 2 aliphatic rings. The van der Waals surface area contributed by atoms with Crippen LogP contribution in [0.1, 0.15) is 23.7 Å². The van der Waals surface area contributed by atoms with Crippen molar-refractivity contribution in [3.63, 3.8) is 0 Å².